The molecule has 0 aliphatic heterocycles. The quantitative estimate of drug-likeness (QED) is 0.800. The molecule has 1 heterocycles. The second-order valence-corrected chi connectivity index (χ2v) is 5.32. The van der Waals surface area contributed by atoms with Crippen LogP contribution < -0.4 is 0 Å². The van der Waals surface area contributed by atoms with E-state index in [-0.39, 0.29) is 10.9 Å². The van der Waals surface area contributed by atoms with Gasteiger partial charge in [0.05, 0.1) is 11.9 Å². The number of sulfone groups is 1. The minimum Gasteiger partial charge on any atom is -0.221 e. The Balaban J connectivity index is 2.54. The van der Waals surface area contributed by atoms with Crippen molar-refractivity contribution >= 4 is 9.84 Å². The molecule has 0 radical (unpaired) electrons. The summed E-state index contributed by atoms with van der Waals surface area (Å²) in [5.74, 6) is -0.429. The fourth-order valence-electron chi connectivity index (χ4n) is 1.23. The van der Waals surface area contributed by atoms with Gasteiger partial charge in [-0.05, 0) is 12.1 Å². The van der Waals surface area contributed by atoms with Gasteiger partial charge in [-0.15, -0.1) is 5.10 Å². The van der Waals surface area contributed by atoms with Crippen molar-refractivity contribution in [1.82, 2.24) is 15.2 Å². The van der Waals surface area contributed by atoms with Crippen LogP contribution in [0.15, 0.2) is 35.6 Å². The van der Waals surface area contributed by atoms with Crippen molar-refractivity contribution in [1.29, 1.82) is 0 Å². The lowest BCUT2D eigenvalue weighted by Crippen LogP contribution is -2.06. The average molecular weight is 253 g/mol. The summed E-state index contributed by atoms with van der Waals surface area (Å²) < 4.78 is 35.5. The van der Waals surface area contributed by atoms with E-state index in [2.05, 4.69) is 15.2 Å². The van der Waals surface area contributed by atoms with Gasteiger partial charge in [-0.2, -0.15) is 5.10 Å². The Bertz CT molecular complexity index is 658. The van der Waals surface area contributed by atoms with Crippen molar-refractivity contribution in [3.8, 4) is 11.3 Å². The van der Waals surface area contributed by atoms with Crippen LogP contribution >= 0.6 is 0 Å². The summed E-state index contributed by atoms with van der Waals surface area (Å²) in [5, 5.41) is 6.58. The second-order valence-electron chi connectivity index (χ2n) is 3.41. The molecule has 0 N–H and O–H groups in total. The summed E-state index contributed by atoms with van der Waals surface area (Å²) in [5.41, 5.74) is 0.713. The van der Waals surface area contributed by atoms with Crippen molar-refractivity contribution in [3.05, 3.63) is 36.3 Å². The molecule has 0 aliphatic carbocycles. The Morgan fingerprint density at radius 2 is 2.06 bits per heavy atom. The maximum Gasteiger partial charge on any atom is 0.267 e. The van der Waals surface area contributed by atoms with Crippen molar-refractivity contribution in [2.75, 3.05) is 6.26 Å². The summed E-state index contributed by atoms with van der Waals surface area (Å²) >= 11 is 0. The molecule has 0 fully saturated rings. The molecule has 5 nitrogen and oxygen atoms in total. The van der Waals surface area contributed by atoms with Crippen LogP contribution in [0.4, 0.5) is 4.39 Å². The lowest BCUT2D eigenvalue weighted by Gasteiger charge is -2.01. The number of nitrogens with zero attached hydrogens (tertiary/aromatic N) is 3. The van der Waals surface area contributed by atoms with Gasteiger partial charge >= 0.3 is 0 Å². The van der Waals surface area contributed by atoms with E-state index in [1.54, 1.807) is 6.07 Å². The molecule has 0 spiro atoms. The molecule has 0 bridgehead atoms. The first-order chi connectivity index (χ1) is 7.97. The third-order valence-electron chi connectivity index (χ3n) is 1.99. The topological polar surface area (TPSA) is 72.8 Å². The van der Waals surface area contributed by atoms with Crippen molar-refractivity contribution in [3.63, 3.8) is 0 Å². The van der Waals surface area contributed by atoms with Crippen LogP contribution in [0.2, 0.25) is 0 Å². The van der Waals surface area contributed by atoms with Crippen molar-refractivity contribution in [2.45, 2.75) is 5.16 Å². The Labute approximate surface area is 97.3 Å². The van der Waals surface area contributed by atoms with E-state index in [4.69, 9.17) is 0 Å². The third kappa shape index (κ3) is 2.62. The molecule has 0 unspecified atom stereocenters. The summed E-state index contributed by atoms with van der Waals surface area (Å²) in [4.78, 5) is 3.83. The zero-order valence-electron chi connectivity index (χ0n) is 8.83. The Hall–Kier alpha value is -1.89. The predicted molar refractivity (Wildman–Crippen MR) is 58.3 cm³/mol. The molecular weight excluding hydrogens is 245 g/mol. The van der Waals surface area contributed by atoms with Crippen LogP contribution in [-0.4, -0.2) is 29.9 Å². The maximum absolute atomic E-state index is 13.0. The van der Waals surface area contributed by atoms with Crippen LogP contribution in [0.25, 0.3) is 11.3 Å². The van der Waals surface area contributed by atoms with Crippen LogP contribution in [0, 0.1) is 5.82 Å². The normalized spacial score (nSPS) is 11.4. The Morgan fingerprint density at radius 1 is 1.29 bits per heavy atom. The molecule has 0 aliphatic rings. The van der Waals surface area contributed by atoms with Crippen molar-refractivity contribution in [2.24, 2.45) is 0 Å². The zero-order valence-corrected chi connectivity index (χ0v) is 9.65. The standard InChI is InChI=1S/C10H8FN3O2S/c1-17(15,16)10-13-9(6-12-14-10)7-3-2-4-8(11)5-7/h2-6H,1H3. The Kier molecular flexibility index (Phi) is 2.84. The number of aromatic nitrogens is 3. The highest BCUT2D eigenvalue weighted by Crippen LogP contribution is 2.17. The van der Waals surface area contributed by atoms with Gasteiger partial charge in [0.2, 0.25) is 9.84 Å². The smallest absolute Gasteiger partial charge is 0.221 e. The summed E-state index contributed by atoms with van der Waals surface area (Å²) in [6.45, 7) is 0. The van der Waals surface area contributed by atoms with Gasteiger partial charge in [-0.1, -0.05) is 12.1 Å². The maximum atomic E-state index is 13.0. The van der Waals surface area contributed by atoms with Gasteiger partial charge in [0, 0.05) is 11.8 Å². The molecule has 1 aromatic carbocycles. The van der Waals surface area contributed by atoms with Crippen molar-refractivity contribution < 1.29 is 12.8 Å². The number of halogens is 1. The highest BCUT2D eigenvalue weighted by Gasteiger charge is 2.13. The lowest BCUT2D eigenvalue weighted by molar-refractivity contribution is 0.589. The van der Waals surface area contributed by atoms with Gasteiger partial charge in [0.15, 0.2) is 0 Å². The van der Waals surface area contributed by atoms with Gasteiger partial charge in [0.1, 0.15) is 5.82 Å². The molecule has 0 atom stereocenters. The monoisotopic (exact) mass is 253 g/mol. The fourth-order valence-corrected chi connectivity index (χ4v) is 1.69. The highest BCUT2D eigenvalue weighted by atomic mass is 32.2. The Morgan fingerprint density at radius 3 is 2.71 bits per heavy atom. The van der Waals surface area contributed by atoms with E-state index in [1.807, 2.05) is 0 Å². The molecule has 17 heavy (non-hydrogen) atoms. The molecule has 2 rings (SSSR count). The molecule has 1 aromatic heterocycles. The molecule has 88 valence electrons. The van der Waals surface area contributed by atoms with Crippen LogP contribution in [0.1, 0.15) is 0 Å². The second kappa shape index (κ2) is 4.17. The average Bonchev–Trinajstić information content (AvgIpc) is 2.28. The van der Waals surface area contributed by atoms with Crippen LogP contribution in [0.5, 0.6) is 0 Å². The molecule has 0 saturated heterocycles. The minimum absolute atomic E-state index is 0.264. The van der Waals surface area contributed by atoms with Gasteiger partial charge in [-0.25, -0.2) is 17.8 Å². The van der Waals surface area contributed by atoms with E-state index in [0.29, 0.717) is 5.56 Å². The third-order valence-corrected chi connectivity index (χ3v) is 2.83. The molecule has 0 amide bonds. The highest BCUT2D eigenvalue weighted by molar-refractivity contribution is 7.90. The molecule has 7 heteroatoms. The number of hydrogen-bond acceptors (Lipinski definition) is 5. The molecular formula is C10H8FN3O2S. The number of benzene rings is 1. The first kappa shape index (κ1) is 11.6. The lowest BCUT2D eigenvalue weighted by atomic mass is 10.2. The first-order valence-corrected chi connectivity index (χ1v) is 6.52. The summed E-state index contributed by atoms with van der Waals surface area (Å²) in [6, 6.07) is 5.65. The SMILES string of the molecule is CS(=O)(=O)c1nncc(-c2cccc(F)c2)n1. The largest absolute Gasteiger partial charge is 0.267 e. The molecule has 0 saturated carbocycles. The first-order valence-electron chi connectivity index (χ1n) is 4.62. The summed E-state index contributed by atoms with van der Waals surface area (Å²) in [7, 11) is -3.52. The van der Waals surface area contributed by atoms with Gasteiger partial charge in [0.25, 0.3) is 5.16 Å². The van der Waals surface area contributed by atoms with Gasteiger partial charge < -0.3 is 0 Å². The van der Waals surface area contributed by atoms with E-state index in [9.17, 15) is 12.8 Å². The van der Waals surface area contributed by atoms with E-state index >= 15 is 0 Å². The minimum atomic E-state index is -3.52. The van der Waals surface area contributed by atoms with Crippen LogP contribution in [-0.2, 0) is 9.84 Å². The van der Waals surface area contributed by atoms with E-state index in [1.165, 1.54) is 24.4 Å². The van der Waals surface area contributed by atoms with E-state index in [0.717, 1.165) is 6.26 Å². The summed E-state index contributed by atoms with van der Waals surface area (Å²) in [6.07, 6.45) is 2.27. The molecule has 2 aromatic rings. The predicted octanol–water partition coefficient (Wildman–Crippen LogP) is 1.08. The fraction of sp³-hybridized carbons (Fsp3) is 0.100. The van der Waals surface area contributed by atoms with E-state index < -0.39 is 15.7 Å². The van der Waals surface area contributed by atoms with Gasteiger partial charge in [-0.3, -0.25) is 0 Å². The zero-order chi connectivity index (χ0) is 12.5. The number of rotatable bonds is 2. The number of hydrogen-bond donors (Lipinski definition) is 0. The van der Waals surface area contributed by atoms with Crippen LogP contribution in [0.3, 0.4) is 0 Å².